The number of aliphatic hydroxyl groups is 16. The maximum absolute atomic E-state index is 11.9. The third kappa shape index (κ3) is 17.0. The predicted octanol–water partition coefficient (Wildman–Crippen LogP) is -6.39. The number of rotatable bonds is 13. The normalized spacial score (nSPS) is 32.7. The van der Waals surface area contributed by atoms with E-state index in [0.717, 1.165) is 0 Å². The summed E-state index contributed by atoms with van der Waals surface area (Å²) in [5.41, 5.74) is -0.508. The van der Waals surface area contributed by atoms with Gasteiger partial charge in [0.1, 0.15) is 143 Å². The molecule has 2 unspecified atom stereocenters. The van der Waals surface area contributed by atoms with Crippen LogP contribution in [0.25, 0.3) is 0 Å². The van der Waals surface area contributed by atoms with Gasteiger partial charge in [-0.1, -0.05) is 48.5 Å². The molecule has 4 fully saturated rings. The largest absolute Gasteiger partial charge is 0.507 e. The molecule has 84 heavy (non-hydrogen) atoms. The van der Waals surface area contributed by atoms with Gasteiger partial charge in [-0.05, 0) is 48.5 Å². The van der Waals surface area contributed by atoms with Crippen molar-refractivity contribution in [3.63, 3.8) is 0 Å². The number of aliphatic hydroxyl groups excluding tert-OH is 16. The maximum Gasteiger partial charge on any atom is 0.344 e. The lowest BCUT2D eigenvalue weighted by atomic mass is 9.99. The highest BCUT2D eigenvalue weighted by Gasteiger charge is 2.49. The molecule has 4 heterocycles. The van der Waals surface area contributed by atoms with Gasteiger partial charge in [0, 0.05) is 0 Å². The van der Waals surface area contributed by atoms with Gasteiger partial charge in [0.05, 0.1) is 19.8 Å². The van der Waals surface area contributed by atoms with Crippen molar-refractivity contribution in [3.8, 4) is 23.0 Å². The number of carboxylic acids is 1. The first-order valence-electron chi connectivity index (χ1n) is 25.0. The second-order valence-corrected chi connectivity index (χ2v) is 18.5. The highest BCUT2D eigenvalue weighted by molar-refractivity contribution is 5.93. The van der Waals surface area contributed by atoms with Crippen LogP contribution >= 0.6 is 0 Å². The summed E-state index contributed by atoms with van der Waals surface area (Å²) in [7, 11) is 0. The van der Waals surface area contributed by atoms with Crippen LogP contribution in [0.15, 0.2) is 97.1 Å². The average molecular weight is 1200 g/mol. The van der Waals surface area contributed by atoms with Crippen molar-refractivity contribution in [2.75, 3.05) is 26.4 Å². The lowest BCUT2D eigenvalue weighted by Gasteiger charge is -2.39. The van der Waals surface area contributed by atoms with Gasteiger partial charge < -0.3 is 140 Å². The number of aromatic hydroxyl groups is 3. The van der Waals surface area contributed by atoms with E-state index in [1.807, 2.05) is 0 Å². The van der Waals surface area contributed by atoms with Crippen molar-refractivity contribution in [2.45, 2.75) is 123 Å². The molecule has 32 heteroatoms. The fraction of sp³-hybridized carbons (Fsp3) is 0.462. The van der Waals surface area contributed by atoms with E-state index in [9.17, 15) is 101 Å². The standard InChI is InChI=1S/4C13H16O8/c14-5-8-9(16)11(10(17)13(19)20-8)21-12(18)6-3-1-2-4-7(6)15;14-7-4-2-1-3-6(7)12(18)20-5-8-9(15)10(16)11(17)13(19)21-8;14-5-8-9(15)10(16)11(17)13(21-8)20-7-4-2-1-3-6(7)12(18)19;14-5-8-9(16)10(17)11(18)13(20-8)21-12(19)6-3-1-2-4-7(6)15/h2*1-4,8-11,13-17,19H,5H2;1-4,8-11,13-17H,5H2,(H,18,19);1-4,8-11,13-18H,5H2/t8-,9-,10-,11+,13+;8-,9-,10+,11-,13+;2*8-,9-,10+,11-,13?/m1111/s1. The van der Waals surface area contributed by atoms with E-state index in [-0.39, 0.29) is 45.3 Å². The Hall–Kier alpha value is -6.84. The van der Waals surface area contributed by atoms with E-state index in [2.05, 4.69) is 0 Å². The van der Waals surface area contributed by atoms with Gasteiger partial charge in [0.15, 0.2) is 18.7 Å². The Morgan fingerprint density at radius 1 is 0.381 bits per heavy atom. The minimum atomic E-state index is -1.72. The second-order valence-electron chi connectivity index (χ2n) is 18.5. The van der Waals surface area contributed by atoms with Gasteiger partial charge in [-0.25, -0.2) is 19.2 Å². The number of ether oxygens (including phenoxy) is 8. The van der Waals surface area contributed by atoms with Gasteiger partial charge in [0.2, 0.25) is 12.6 Å². The molecule has 4 aliphatic rings. The Morgan fingerprint density at radius 2 is 0.750 bits per heavy atom. The van der Waals surface area contributed by atoms with Crippen molar-refractivity contribution < 1.29 is 159 Å². The lowest BCUT2D eigenvalue weighted by Crippen LogP contribution is -2.60. The summed E-state index contributed by atoms with van der Waals surface area (Å²) in [6.07, 6.45) is -30.1. The number of phenols is 3. The quantitative estimate of drug-likeness (QED) is 0.0437. The van der Waals surface area contributed by atoms with Gasteiger partial charge in [-0.15, -0.1) is 0 Å². The van der Waals surface area contributed by atoms with E-state index < -0.39 is 173 Å². The Kier molecular flexibility index (Phi) is 25.4. The first-order valence-corrected chi connectivity index (χ1v) is 25.0. The van der Waals surface area contributed by atoms with Crippen molar-refractivity contribution in [1.29, 1.82) is 0 Å². The monoisotopic (exact) mass is 1200 g/mol. The average Bonchev–Trinajstić information content (AvgIpc) is 3.26. The van der Waals surface area contributed by atoms with E-state index >= 15 is 0 Å². The summed E-state index contributed by atoms with van der Waals surface area (Å²) in [5, 5.41) is 190. The number of para-hydroxylation sites is 4. The van der Waals surface area contributed by atoms with E-state index in [1.54, 1.807) is 0 Å². The topological polar surface area (TPSA) is 547 Å². The smallest absolute Gasteiger partial charge is 0.344 e. The zero-order chi connectivity index (χ0) is 62.3. The summed E-state index contributed by atoms with van der Waals surface area (Å²) >= 11 is 0. The number of esters is 3. The summed E-state index contributed by atoms with van der Waals surface area (Å²) in [6.45, 7) is -2.31. The summed E-state index contributed by atoms with van der Waals surface area (Å²) in [4.78, 5) is 46.6. The molecule has 4 saturated heterocycles. The number of phenolic OH excluding ortho intramolecular Hbond substituents is 3. The molecular formula is C52H64O32. The summed E-state index contributed by atoms with van der Waals surface area (Å²) < 4.78 is 39.7. The number of carboxylic acid groups (broad SMARTS) is 1. The van der Waals surface area contributed by atoms with Crippen LogP contribution in [0.3, 0.4) is 0 Å². The van der Waals surface area contributed by atoms with Crippen molar-refractivity contribution >= 4 is 23.9 Å². The minimum Gasteiger partial charge on any atom is -0.507 e. The molecule has 0 aliphatic carbocycles. The number of benzene rings is 4. The van der Waals surface area contributed by atoms with Crippen LogP contribution in [-0.2, 0) is 33.2 Å². The van der Waals surface area contributed by atoms with E-state index in [0.29, 0.717) is 0 Å². The van der Waals surface area contributed by atoms with E-state index in [1.165, 1.54) is 97.1 Å². The minimum absolute atomic E-state index is 0.0608. The second kappa shape index (κ2) is 31.3. The maximum atomic E-state index is 11.9. The van der Waals surface area contributed by atoms with E-state index in [4.69, 9.17) is 58.3 Å². The molecule has 20 atom stereocenters. The van der Waals surface area contributed by atoms with Crippen LogP contribution < -0.4 is 4.74 Å². The number of carbonyl (C=O) groups excluding carboxylic acids is 3. The zero-order valence-electron chi connectivity index (χ0n) is 43.5. The molecule has 4 aromatic carbocycles. The number of aromatic carboxylic acids is 1. The number of carbonyl (C=O) groups is 4. The molecule has 8 rings (SSSR count). The molecule has 464 valence electrons. The highest BCUT2D eigenvalue weighted by Crippen LogP contribution is 2.29. The first-order chi connectivity index (χ1) is 39.8. The van der Waals surface area contributed by atoms with Gasteiger partial charge in [0.25, 0.3) is 0 Å². The van der Waals surface area contributed by atoms with Crippen LogP contribution in [0.5, 0.6) is 23.0 Å². The third-order valence-electron chi connectivity index (χ3n) is 12.8. The zero-order valence-corrected chi connectivity index (χ0v) is 43.5. The number of hydrogen-bond donors (Lipinski definition) is 20. The Labute approximate surface area is 473 Å². The van der Waals surface area contributed by atoms with Crippen LogP contribution in [0, 0.1) is 0 Å². The van der Waals surface area contributed by atoms with Crippen molar-refractivity contribution in [2.24, 2.45) is 0 Å². The highest BCUT2D eigenvalue weighted by atomic mass is 16.7. The number of hydrogen-bond acceptors (Lipinski definition) is 31. The van der Waals surface area contributed by atoms with Crippen LogP contribution in [0.1, 0.15) is 41.4 Å². The summed E-state index contributed by atoms with van der Waals surface area (Å²) in [5.74, 6) is -4.99. The first kappa shape index (κ1) is 67.9. The predicted molar refractivity (Wildman–Crippen MR) is 270 cm³/mol. The summed E-state index contributed by atoms with van der Waals surface area (Å²) in [6, 6.07) is 22.6. The Bertz CT molecular complexity index is 2740. The fourth-order valence-corrected chi connectivity index (χ4v) is 8.01. The molecule has 4 aromatic rings. The molecule has 0 amide bonds. The van der Waals surface area contributed by atoms with Crippen LogP contribution in [0.4, 0.5) is 0 Å². The lowest BCUT2D eigenvalue weighted by molar-refractivity contribution is -0.286. The molecule has 4 aliphatic heterocycles. The molecular weight excluding hydrogens is 1140 g/mol. The van der Waals surface area contributed by atoms with Crippen molar-refractivity contribution in [3.05, 3.63) is 119 Å². The molecule has 0 aromatic heterocycles. The molecule has 0 bridgehead atoms. The molecule has 0 radical (unpaired) electrons. The fourth-order valence-electron chi connectivity index (χ4n) is 8.01. The van der Waals surface area contributed by atoms with Crippen LogP contribution in [-0.4, -0.2) is 275 Å². The van der Waals surface area contributed by atoms with Gasteiger partial charge >= 0.3 is 23.9 Å². The molecule has 0 spiro atoms. The third-order valence-corrected chi connectivity index (χ3v) is 12.8. The SMILES string of the molecule is O=C(O)c1ccccc1OC1O[C@H](CO)[C@@H](O)[C@H](O)[C@H]1O.O=C(OC1O[C@H](CO)[C@@H](O)[C@H](O)[C@H]1O)c1ccccc1O.O=C(OC[C@H]1O[C@H](O)[C@H](O)[C@@H](O)[C@@H]1O)c1ccccc1O.O=C(O[C@@H]1[C@@H](O)[C@@H](O)O[C@H](CO)[C@H]1O)c1ccccc1O. The Balaban J connectivity index is 0.000000205. The van der Waals surface area contributed by atoms with Crippen molar-refractivity contribution in [1.82, 2.24) is 0 Å². The van der Waals surface area contributed by atoms with Gasteiger partial charge in [-0.3, -0.25) is 0 Å². The van der Waals surface area contributed by atoms with Crippen LogP contribution in [0.2, 0.25) is 0 Å². The molecule has 32 nitrogen and oxygen atoms in total. The molecule has 0 saturated carbocycles. The molecule has 20 N–H and O–H groups in total. The Morgan fingerprint density at radius 3 is 1.23 bits per heavy atom. The van der Waals surface area contributed by atoms with Gasteiger partial charge in [-0.2, -0.15) is 0 Å².